The number of aromatic nitrogens is 2. The summed E-state index contributed by atoms with van der Waals surface area (Å²) in [5.41, 5.74) is 1.02. The SMILES string of the molecule is O=C(CSc1ccccn1)NCc1cccnc1N1CCOCC1. The van der Waals surface area contributed by atoms with Gasteiger partial charge in [-0.3, -0.25) is 4.79 Å². The standard InChI is InChI=1S/C17H20N4O2S/c22-15(13-24-16-5-1-2-6-18-16)20-12-14-4-3-7-19-17(14)21-8-10-23-11-9-21/h1-7H,8-13H2,(H,20,22). The average molecular weight is 344 g/mol. The van der Waals surface area contributed by atoms with Gasteiger partial charge in [-0.1, -0.05) is 23.9 Å². The van der Waals surface area contributed by atoms with Crippen molar-refractivity contribution in [1.29, 1.82) is 0 Å². The summed E-state index contributed by atoms with van der Waals surface area (Å²) in [6.07, 6.45) is 3.51. The Morgan fingerprint density at radius 2 is 2.00 bits per heavy atom. The quantitative estimate of drug-likeness (QED) is 0.805. The van der Waals surface area contributed by atoms with Crippen LogP contribution in [0.15, 0.2) is 47.8 Å². The Balaban J connectivity index is 1.53. The molecule has 1 aliphatic heterocycles. The molecule has 2 aromatic heterocycles. The van der Waals surface area contributed by atoms with E-state index in [9.17, 15) is 4.79 Å². The predicted molar refractivity (Wildman–Crippen MR) is 94.1 cm³/mol. The van der Waals surface area contributed by atoms with Gasteiger partial charge in [0.15, 0.2) is 0 Å². The largest absolute Gasteiger partial charge is 0.378 e. The summed E-state index contributed by atoms with van der Waals surface area (Å²) in [7, 11) is 0. The maximum absolute atomic E-state index is 12.1. The van der Waals surface area contributed by atoms with E-state index in [-0.39, 0.29) is 5.91 Å². The van der Waals surface area contributed by atoms with Gasteiger partial charge in [-0.15, -0.1) is 0 Å². The van der Waals surface area contributed by atoms with Gasteiger partial charge in [0.05, 0.1) is 24.0 Å². The number of rotatable bonds is 6. The maximum Gasteiger partial charge on any atom is 0.230 e. The van der Waals surface area contributed by atoms with Crippen LogP contribution in [0, 0.1) is 0 Å². The van der Waals surface area contributed by atoms with Crippen molar-refractivity contribution in [3.8, 4) is 0 Å². The van der Waals surface area contributed by atoms with Gasteiger partial charge in [0, 0.05) is 37.6 Å². The summed E-state index contributed by atoms with van der Waals surface area (Å²) in [6, 6.07) is 9.57. The van der Waals surface area contributed by atoms with Gasteiger partial charge in [0.25, 0.3) is 0 Å². The Hall–Kier alpha value is -2.12. The minimum atomic E-state index is -0.0116. The molecule has 0 radical (unpaired) electrons. The molecule has 3 rings (SSSR count). The molecule has 6 nitrogen and oxygen atoms in total. The van der Waals surface area contributed by atoms with E-state index in [1.807, 2.05) is 30.3 Å². The Morgan fingerprint density at radius 1 is 1.17 bits per heavy atom. The van der Waals surface area contributed by atoms with Crippen molar-refractivity contribution in [2.24, 2.45) is 0 Å². The van der Waals surface area contributed by atoms with E-state index in [4.69, 9.17) is 4.74 Å². The van der Waals surface area contributed by atoms with Gasteiger partial charge in [-0.05, 0) is 18.2 Å². The molecule has 0 unspecified atom stereocenters. The Labute approximate surface area is 145 Å². The highest BCUT2D eigenvalue weighted by molar-refractivity contribution is 7.99. The highest BCUT2D eigenvalue weighted by Crippen LogP contribution is 2.18. The smallest absolute Gasteiger partial charge is 0.230 e. The molecule has 0 saturated carbocycles. The summed E-state index contributed by atoms with van der Waals surface area (Å²) in [4.78, 5) is 22.9. The summed E-state index contributed by atoms with van der Waals surface area (Å²) in [6.45, 7) is 3.55. The Bertz CT molecular complexity index is 663. The zero-order chi connectivity index (χ0) is 16.6. The van der Waals surface area contributed by atoms with Crippen LogP contribution in [-0.4, -0.2) is 47.9 Å². The number of carbonyl (C=O) groups excluding carboxylic acids is 1. The predicted octanol–water partition coefficient (Wildman–Crippen LogP) is 1.72. The Kier molecular flexibility index (Phi) is 6.03. The van der Waals surface area contributed by atoms with E-state index in [0.29, 0.717) is 25.5 Å². The van der Waals surface area contributed by atoms with Crippen LogP contribution in [-0.2, 0) is 16.1 Å². The van der Waals surface area contributed by atoms with E-state index in [1.165, 1.54) is 11.8 Å². The van der Waals surface area contributed by atoms with Crippen LogP contribution in [0.1, 0.15) is 5.56 Å². The van der Waals surface area contributed by atoms with Gasteiger partial charge in [-0.2, -0.15) is 0 Å². The van der Waals surface area contributed by atoms with Crippen molar-refractivity contribution < 1.29 is 9.53 Å². The van der Waals surface area contributed by atoms with E-state index >= 15 is 0 Å². The van der Waals surface area contributed by atoms with Crippen molar-refractivity contribution in [3.63, 3.8) is 0 Å². The molecule has 3 heterocycles. The zero-order valence-corrected chi connectivity index (χ0v) is 14.2. The lowest BCUT2D eigenvalue weighted by molar-refractivity contribution is -0.118. The first-order valence-electron chi connectivity index (χ1n) is 7.90. The molecular formula is C17H20N4O2S. The number of thioether (sulfide) groups is 1. The molecule has 126 valence electrons. The molecule has 0 spiro atoms. The van der Waals surface area contributed by atoms with Crippen molar-refractivity contribution in [1.82, 2.24) is 15.3 Å². The number of pyridine rings is 2. The first kappa shape index (κ1) is 16.7. The molecule has 7 heteroatoms. The summed E-state index contributed by atoms with van der Waals surface area (Å²) < 4.78 is 5.39. The van der Waals surface area contributed by atoms with Gasteiger partial charge in [-0.25, -0.2) is 9.97 Å². The highest BCUT2D eigenvalue weighted by Gasteiger charge is 2.16. The third kappa shape index (κ3) is 4.69. The van der Waals surface area contributed by atoms with Crippen molar-refractivity contribution in [2.45, 2.75) is 11.6 Å². The van der Waals surface area contributed by atoms with Crippen LogP contribution >= 0.6 is 11.8 Å². The summed E-state index contributed by atoms with van der Waals surface area (Å²) in [5.74, 6) is 1.27. The number of nitrogens with zero attached hydrogens (tertiary/aromatic N) is 3. The van der Waals surface area contributed by atoms with E-state index in [0.717, 1.165) is 29.5 Å². The Morgan fingerprint density at radius 3 is 2.79 bits per heavy atom. The minimum Gasteiger partial charge on any atom is -0.378 e. The lowest BCUT2D eigenvalue weighted by atomic mass is 10.2. The van der Waals surface area contributed by atoms with Gasteiger partial charge in [0.2, 0.25) is 5.91 Å². The fourth-order valence-electron chi connectivity index (χ4n) is 2.44. The normalized spacial score (nSPS) is 14.4. The van der Waals surface area contributed by atoms with Crippen LogP contribution in [0.2, 0.25) is 0 Å². The van der Waals surface area contributed by atoms with E-state index < -0.39 is 0 Å². The van der Waals surface area contributed by atoms with Crippen molar-refractivity contribution in [2.75, 3.05) is 37.0 Å². The first-order valence-corrected chi connectivity index (χ1v) is 8.88. The molecule has 1 fully saturated rings. The number of carbonyl (C=O) groups is 1. The number of morpholine rings is 1. The molecule has 2 aromatic rings. The van der Waals surface area contributed by atoms with Gasteiger partial charge < -0.3 is 15.0 Å². The summed E-state index contributed by atoms with van der Waals surface area (Å²) >= 11 is 1.43. The molecule has 1 N–H and O–H groups in total. The third-order valence-electron chi connectivity index (χ3n) is 3.64. The zero-order valence-electron chi connectivity index (χ0n) is 13.4. The van der Waals surface area contributed by atoms with Crippen LogP contribution in [0.25, 0.3) is 0 Å². The van der Waals surface area contributed by atoms with Gasteiger partial charge >= 0.3 is 0 Å². The second-order valence-corrected chi connectivity index (χ2v) is 6.31. The lowest BCUT2D eigenvalue weighted by Crippen LogP contribution is -2.38. The molecular weight excluding hydrogens is 324 g/mol. The molecule has 1 aliphatic rings. The summed E-state index contributed by atoms with van der Waals surface area (Å²) in [5, 5.41) is 3.81. The molecule has 0 aliphatic carbocycles. The monoisotopic (exact) mass is 344 g/mol. The molecule has 1 saturated heterocycles. The van der Waals surface area contributed by atoms with Crippen molar-refractivity contribution >= 4 is 23.5 Å². The fourth-order valence-corrected chi connectivity index (χ4v) is 3.14. The van der Waals surface area contributed by atoms with E-state index in [1.54, 1.807) is 12.4 Å². The van der Waals surface area contributed by atoms with Crippen LogP contribution in [0.3, 0.4) is 0 Å². The lowest BCUT2D eigenvalue weighted by Gasteiger charge is -2.29. The van der Waals surface area contributed by atoms with Crippen molar-refractivity contribution in [3.05, 3.63) is 48.3 Å². The molecule has 0 aromatic carbocycles. The third-order valence-corrected chi connectivity index (χ3v) is 4.59. The number of amides is 1. The topological polar surface area (TPSA) is 67.4 Å². The van der Waals surface area contributed by atoms with E-state index in [2.05, 4.69) is 20.2 Å². The molecule has 0 atom stereocenters. The van der Waals surface area contributed by atoms with Gasteiger partial charge in [0.1, 0.15) is 5.82 Å². The number of hydrogen-bond acceptors (Lipinski definition) is 6. The van der Waals surface area contributed by atoms with Crippen LogP contribution in [0.5, 0.6) is 0 Å². The first-order chi connectivity index (χ1) is 11.8. The second-order valence-electron chi connectivity index (χ2n) is 5.32. The fraction of sp³-hybridized carbons (Fsp3) is 0.353. The van der Waals surface area contributed by atoms with Crippen LogP contribution in [0.4, 0.5) is 5.82 Å². The number of nitrogens with one attached hydrogen (secondary N) is 1. The average Bonchev–Trinajstić information content (AvgIpc) is 2.66. The number of hydrogen-bond donors (Lipinski definition) is 1. The molecule has 0 bridgehead atoms. The second kappa shape index (κ2) is 8.65. The maximum atomic E-state index is 12.1. The van der Waals surface area contributed by atoms with Crippen LogP contribution < -0.4 is 10.2 Å². The minimum absolute atomic E-state index is 0.0116. The molecule has 24 heavy (non-hydrogen) atoms. The molecule has 1 amide bonds. The highest BCUT2D eigenvalue weighted by atomic mass is 32.2. The number of ether oxygens (including phenoxy) is 1. The number of anilines is 1.